The van der Waals surface area contributed by atoms with E-state index in [1.54, 1.807) is 41.4 Å². The van der Waals surface area contributed by atoms with E-state index < -0.39 is 10.0 Å². The fraction of sp³-hybridized carbons (Fsp3) is 0.385. The quantitative estimate of drug-likeness (QED) is 0.469. The van der Waals surface area contributed by atoms with Gasteiger partial charge < -0.3 is 14.4 Å². The number of hydrogen-bond acceptors (Lipinski definition) is 6. The summed E-state index contributed by atoms with van der Waals surface area (Å²) >= 11 is 0. The molecule has 186 valence electrons. The molecule has 1 aromatic heterocycles. The van der Waals surface area contributed by atoms with E-state index in [1.807, 2.05) is 32.9 Å². The van der Waals surface area contributed by atoms with Gasteiger partial charge in [0, 0.05) is 43.3 Å². The van der Waals surface area contributed by atoms with Gasteiger partial charge >= 0.3 is 0 Å². The summed E-state index contributed by atoms with van der Waals surface area (Å²) in [4.78, 5) is 19.4. The number of aromatic nitrogens is 1. The van der Waals surface area contributed by atoms with Crippen molar-refractivity contribution >= 4 is 26.8 Å². The van der Waals surface area contributed by atoms with Crippen LogP contribution in [0.5, 0.6) is 11.5 Å². The number of amides is 1. The molecule has 0 aliphatic carbocycles. The van der Waals surface area contributed by atoms with E-state index in [9.17, 15) is 13.2 Å². The highest BCUT2D eigenvalue weighted by Gasteiger charge is 2.32. The highest BCUT2D eigenvalue weighted by molar-refractivity contribution is 7.89. The molecular weight excluding hydrogens is 466 g/mol. The Balaban J connectivity index is 1.49. The van der Waals surface area contributed by atoms with Crippen LogP contribution in [-0.2, 0) is 10.0 Å². The van der Waals surface area contributed by atoms with Crippen molar-refractivity contribution in [1.29, 1.82) is 0 Å². The first-order valence-electron chi connectivity index (χ1n) is 11.9. The lowest BCUT2D eigenvalue weighted by molar-refractivity contribution is 0.0697. The van der Waals surface area contributed by atoms with Crippen molar-refractivity contribution < 1.29 is 22.7 Å². The first-order valence-corrected chi connectivity index (χ1v) is 13.3. The van der Waals surface area contributed by atoms with Crippen LogP contribution in [0.3, 0.4) is 0 Å². The Morgan fingerprint density at radius 2 is 1.77 bits per heavy atom. The number of aryl methyl sites for hydroxylation is 1. The lowest BCUT2D eigenvalue weighted by Crippen LogP contribution is -2.50. The number of carbonyl (C=O) groups excluding carboxylic acids is 1. The number of para-hydroxylation sites is 1. The van der Waals surface area contributed by atoms with Crippen LogP contribution in [-0.4, -0.2) is 67.9 Å². The molecule has 0 unspecified atom stereocenters. The van der Waals surface area contributed by atoms with Crippen LogP contribution in [0.25, 0.3) is 10.9 Å². The first kappa shape index (κ1) is 24.9. The zero-order valence-electron chi connectivity index (χ0n) is 20.4. The molecule has 0 radical (unpaired) electrons. The van der Waals surface area contributed by atoms with Crippen LogP contribution in [0.15, 0.2) is 53.6 Å². The van der Waals surface area contributed by atoms with E-state index in [0.29, 0.717) is 48.9 Å². The van der Waals surface area contributed by atoms with Crippen molar-refractivity contribution in [3.05, 3.63) is 59.8 Å². The predicted octanol–water partition coefficient (Wildman–Crippen LogP) is 3.88. The van der Waals surface area contributed by atoms with Gasteiger partial charge in [-0.05, 0) is 56.2 Å². The average Bonchev–Trinajstić information content (AvgIpc) is 2.87. The molecule has 1 amide bonds. The van der Waals surface area contributed by atoms with Gasteiger partial charge in [-0.3, -0.25) is 9.78 Å². The molecule has 4 rings (SSSR count). The fourth-order valence-electron chi connectivity index (χ4n) is 4.14. The summed E-state index contributed by atoms with van der Waals surface area (Å²) in [6.07, 6.45) is 2.54. The fourth-order valence-corrected chi connectivity index (χ4v) is 5.73. The zero-order valence-corrected chi connectivity index (χ0v) is 21.2. The van der Waals surface area contributed by atoms with Gasteiger partial charge in [0.1, 0.15) is 4.90 Å². The Hall–Kier alpha value is -3.17. The maximum atomic E-state index is 13.4. The zero-order chi connectivity index (χ0) is 25.0. The highest BCUT2D eigenvalue weighted by Crippen LogP contribution is 2.30. The molecule has 1 saturated heterocycles. The number of piperazine rings is 1. The first-order chi connectivity index (χ1) is 16.8. The Bertz CT molecular complexity index is 1320. The van der Waals surface area contributed by atoms with Crippen molar-refractivity contribution in [3.8, 4) is 11.5 Å². The molecular formula is C26H31N3O5S. The third kappa shape index (κ3) is 5.26. The van der Waals surface area contributed by atoms with E-state index in [4.69, 9.17) is 9.47 Å². The summed E-state index contributed by atoms with van der Waals surface area (Å²) in [5, 5.41) is 0.788. The molecule has 1 fully saturated rings. The van der Waals surface area contributed by atoms with E-state index in [-0.39, 0.29) is 23.9 Å². The van der Waals surface area contributed by atoms with E-state index in [2.05, 4.69) is 4.98 Å². The lowest BCUT2D eigenvalue weighted by atomic mass is 10.1. The van der Waals surface area contributed by atoms with Crippen LogP contribution in [0.4, 0.5) is 0 Å². The van der Waals surface area contributed by atoms with Crippen molar-refractivity contribution in [2.45, 2.75) is 32.1 Å². The third-order valence-corrected chi connectivity index (χ3v) is 7.84. The molecule has 1 aliphatic heterocycles. The maximum Gasteiger partial charge on any atom is 0.254 e. The van der Waals surface area contributed by atoms with Crippen LogP contribution in [0, 0.1) is 6.92 Å². The molecule has 2 heterocycles. The van der Waals surface area contributed by atoms with Gasteiger partial charge in [0.15, 0.2) is 11.5 Å². The number of carbonyl (C=O) groups is 1. The average molecular weight is 498 g/mol. The molecule has 0 bridgehead atoms. The number of fused-ring (bicyclic) bond motifs is 1. The Morgan fingerprint density at radius 1 is 1.00 bits per heavy atom. The second kappa shape index (κ2) is 10.6. The van der Waals surface area contributed by atoms with Gasteiger partial charge in [0.2, 0.25) is 10.0 Å². The van der Waals surface area contributed by atoms with Gasteiger partial charge in [-0.25, -0.2) is 8.42 Å². The SMILES string of the molecule is CCCOc1ccc(C(=O)N2CCN(S(=O)(=O)c3cccc4cc(C)cnc34)CC2)cc1OCC. The van der Waals surface area contributed by atoms with E-state index in [1.165, 1.54) is 4.31 Å². The summed E-state index contributed by atoms with van der Waals surface area (Å²) in [6.45, 7) is 7.88. The van der Waals surface area contributed by atoms with Crippen LogP contribution in [0.2, 0.25) is 0 Å². The molecule has 3 aromatic rings. The minimum Gasteiger partial charge on any atom is -0.490 e. The highest BCUT2D eigenvalue weighted by atomic mass is 32.2. The maximum absolute atomic E-state index is 13.4. The number of ether oxygens (including phenoxy) is 2. The summed E-state index contributed by atoms with van der Waals surface area (Å²) in [6, 6.07) is 12.3. The minimum atomic E-state index is -3.75. The van der Waals surface area contributed by atoms with Crippen LogP contribution >= 0.6 is 0 Å². The topological polar surface area (TPSA) is 89.0 Å². The number of pyridine rings is 1. The second-order valence-electron chi connectivity index (χ2n) is 8.48. The van der Waals surface area contributed by atoms with Gasteiger partial charge in [-0.1, -0.05) is 19.1 Å². The lowest BCUT2D eigenvalue weighted by Gasteiger charge is -2.34. The number of sulfonamides is 1. The molecule has 0 spiro atoms. The third-order valence-electron chi connectivity index (χ3n) is 5.91. The number of benzene rings is 2. The Labute approximate surface area is 206 Å². The molecule has 35 heavy (non-hydrogen) atoms. The minimum absolute atomic E-state index is 0.160. The van der Waals surface area contributed by atoms with E-state index in [0.717, 1.165) is 17.4 Å². The van der Waals surface area contributed by atoms with Gasteiger partial charge in [0.05, 0.1) is 18.7 Å². The van der Waals surface area contributed by atoms with Gasteiger partial charge in [-0.15, -0.1) is 0 Å². The summed E-state index contributed by atoms with van der Waals surface area (Å²) < 4.78 is 39.7. The molecule has 8 nitrogen and oxygen atoms in total. The van der Waals surface area contributed by atoms with Crippen molar-refractivity contribution in [2.24, 2.45) is 0 Å². The molecule has 0 saturated carbocycles. The monoisotopic (exact) mass is 497 g/mol. The van der Waals surface area contributed by atoms with E-state index >= 15 is 0 Å². The largest absolute Gasteiger partial charge is 0.490 e. The van der Waals surface area contributed by atoms with Crippen molar-refractivity contribution in [1.82, 2.24) is 14.2 Å². The number of nitrogens with zero attached hydrogens (tertiary/aromatic N) is 3. The Morgan fingerprint density at radius 3 is 2.49 bits per heavy atom. The van der Waals surface area contributed by atoms with Crippen LogP contribution in [0.1, 0.15) is 36.2 Å². The van der Waals surface area contributed by atoms with Crippen molar-refractivity contribution in [3.63, 3.8) is 0 Å². The summed E-state index contributed by atoms with van der Waals surface area (Å²) in [5.41, 5.74) is 1.92. The standard InChI is InChI=1S/C26H31N3O5S/c1-4-15-34-22-10-9-21(17-23(22)33-5-2)26(30)28-11-13-29(14-12-28)35(31,32)24-8-6-7-20-16-19(3)18-27-25(20)24/h6-10,16-18H,4-5,11-15H2,1-3H3. The normalized spacial score (nSPS) is 14.8. The summed E-state index contributed by atoms with van der Waals surface area (Å²) in [5.74, 6) is 0.985. The van der Waals surface area contributed by atoms with Crippen molar-refractivity contribution in [2.75, 3.05) is 39.4 Å². The van der Waals surface area contributed by atoms with Gasteiger partial charge in [-0.2, -0.15) is 4.31 Å². The smallest absolute Gasteiger partial charge is 0.254 e. The molecule has 0 atom stereocenters. The molecule has 2 aromatic carbocycles. The number of rotatable bonds is 8. The van der Waals surface area contributed by atoms with Crippen LogP contribution < -0.4 is 9.47 Å². The molecule has 0 N–H and O–H groups in total. The second-order valence-corrected chi connectivity index (χ2v) is 10.4. The van der Waals surface area contributed by atoms with Gasteiger partial charge in [0.25, 0.3) is 5.91 Å². The molecule has 9 heteroatoms. The summed E-state index contributed by atoms with van der Waals surface area (Å²) in [7, 11) is -3.75. The molecule has 1 aliphatic rings. The number of hydrogen-bond donors (Lipinski definition) is 0. The predicted molar refractivity (Wildman–Crippen MR) is 135 cm³/mol. The Kier molecular flexibility index (Phi) is 7.57.